The standard InChI is InChI=1S/C14H19ClO2/c1-16-13-7-6-10(9-14(13)17-2)8-12(15)11-4-3-5-11/h6-7,9,11-12H,3-5,8H2,1-2H3. The molecule has 2 rings (SSSR count). The number of alkyl halides is 1. The molecule has 0 aliphatic heterocycles. The van der Waals surface area contributed by atoms with Crippen LogP contribution >= 0.6 is 11.6 Å². The molecule has 0 spiro atoms. The summed E-state index contributed by atoms with van der Waals surface area (Å²) in [6.07, 6.45) is 4.80. The lowest BCUT2D eigenvalue weighted by Crippen LogP contribution is -2.24. The molecule has 0 heterocycles. The van der Waals surface area contributed by atoms with Gasteiger partial charge in [-0.05, 0) is 42.9 Å². The van der Waals surface area contributed by atoms with E-state index >= 15 is 0 Å². The Balaban J connectivity index is 2.05. The van der Waals surface area contributed by atoms with Crippen LogP contribution in [0, 0.1) is 5.92 Å². The first-order chi connectivity index (χ1) is 8.24. The van der Waals surface area contributed by atoms with Gasteiger partial charge in [-0.1, -0.05) is 12.5 Å². The van der Waals surface area contributed by atoms with Crippen molar-refractivity contribution < 1.29 is 9.47 Å². The van der Waals surface area contributed by atoms with Gasteiger partial charge in [-0.3, -0.25) is 0 Å². The highest BCUT2D eigenvalue weighted by Crippen LogP contribution is 2.35. The van der Waals surface area contributed by atoms with Crippen LogP contribution in [0.5, 0.6) is 11.5 Å². The summed E-state index contributed by atoms with van der Waals surface area (Å²) in [6.45, 7) is 0. The molecule has 1 aromatic rings. The quantitative estimate of drug-likeness (QED) is 0.747. The van der Waals surface area contributed by atoms with E-state index in [-0.39, 0.29) is 5.38 Å². The fourth-order valence-corrected chi connectivity index (χ4v) is 2.63. The van der Waals surface area contributed by atoms with Gasteiger partial charge >= 0.3 is 0 Å². The highest BCUT2D eigenvalue weighted by atomic mass is 35.5. The number of halogens is 1. The Labute approximate surface area is 108 Å². The van der Waals surface area contributed by atoms with Gasteiger partial charge in [-0.2, -0.15) is 0 Å². The smallest absolute Gasteiger partial charge is 0.160 e. The number of hydrogen-bond donors (Lipinski definition) is 0. The third-order valence-electron chi connectivity index (χ3n) is 3.54. The Morgan fingerprint density at radius 2 is 1.94 bits per heavy atom. The Hall–Kier alpha value is -0.890. The summed E-state index contributed by atoms with van der Waals surface area (Å²) in [7, 11) is 3.31. The summed E-state index contributed by atoms with van der Waals surface area (Å²) in [5.41, 5.74) is 1.22. The molecule has 17 heavy (non-hydrogen) atoms. The van der Waals surface area contributed by atoms with Crippen LogP contribution in [0.4, 0.5) is 0 Å². The van der Waals surface area contributed by atoms with Crippen molar-refractivity contribution in [3.63, 3.8) is 0 Å². The van der Waals surface area contributed by atoms with Gasteiger partial charge in [0.1, 0.15) is 0 Å². The van der Waals surface area contributed by atoms with Crippen LogP contribution in [-0.4, -0.2) is 19.6 Å². The molecule has 0 radical (unpaired) electrons. The van der Waals surface area contributed by atoms with Crippen molar-refractivity contribution in [2.75, 3.05) is 14.2 Å². The molecular formula is C14H19ClO2. The van der Waals surface area contributed by atoms with Crippen molar-refractivity contribution in [3.05, 3.63) is 23.8 Å². The maximum absolute atomic E-state index is 6.41. The lowest BCUT2D eigenvalue weighted by molar-refractivity contribution is 0.301. The first-order valence-electron chi connectivity index (χ1n) is 6.09. The predicted molar refractivity (Wildman–Crippen MR) is 70.2 cm³/mol. The van der Waals surface area contributed by atoms with Gasteiger partial charge in [0, 0.05) is 5.38 Å². The Bertz CT molecular complexity index is 374. The Morgan fingerprint density at radius 1 is 1.24 bits per heavy atom. The Kier molecular flexibility index (Phi) is 4.16. The molecule has 1 aromatic carbocycles. The summed E-state index contributed by atoms with van der Waals surface area (Å²) in [4.78, 5) is 0. The monoisotopic (exact) mass is 254 g/mol. The third-order valence-corrected chi connectivity index (χ3v) is 4.05. The van der Waals surface area contributed by atoms with Crippen LogP contribution in [0.15, 0.2) is 18.2 Å². The van der Waals surface area contributed by atoms with Crippen molar-refractivity contribution in [2.45, 2.75) is 31.1 Å². The van der Waals surface area contributed by atoms with Crippen LogP contribution in [0.2, 0.25) is 0 Å². The maximum Gasteiger partial charge on any atom is 0.160 e. The van der Waals surface area contributed by atoms with E-state index in [1.807, 2.05) is 12.1 Å². The maximum atomic E-state index is 6.41. The second-order valence-corrected chi connectivity index (χ2v) is 5.16. The molecule has 0 aromatic heterocycles. The molecule has 0 N–H and O–H groups in total. The zero-order chi connectivity index (χ0) is 12.3. The number of ether oxygens (including phenoxy) is 2. The van der Waals surface area contributed by atoms with Gasteiger partial charge in [0.25, 0.3) is 0 Å². The second-order valence-electron chi connectivity index (χ2n) is 4.60. The fraction of sp³-hybridized carbons (Fsp3) is 0.571. The van der Waals surface area contributed by atoms with E-state index in [2.05, 4.69) is 6.07 Å². The molecule has 1 fully saturated rings. The zero-order valence-corrected chi connectivity index (χ0v) is 11.2. The van der Waals surface area contributed by atoms with E-state index in [0.29, 0.717) is 5.92 Å². The van der Waals surface area contributed by atoms with E-state index < -0.39 is 0 Å². The molecule has 1 aliphatic rings. The summed E-state index contributed by atoms with van der Waals surface area (Å²) in [5.74, 6) is 2.25. The van der Waals surface area contributed by atoms with E-state index in [4.69, 9.17) is 21.1 Å². The molecule has 2 nitrogen and oxygen atoms in total. The third kappa shape index (κ3) is 2.86. The van der Waals surface area contributed by atoms with Crippen LogP contribution in [0.3, 0.4) is 0 Å². The van der Waals surface area contributed by atoms with E-state index in [0.717, 1.165) is 17.9 Å². The first-order valence-corrected chi connectivity index (χ1v) is 6.53. The Morgan fingerprint density at radius 3 is 2.47 bits per heavy atom. The molecule has 0 amide bonds. The summed E-state index contributed by atoms with van der Waals surface area (Å²) in [6, 6.07) is 6.03. The van der Waals surface area contributed by atoms with Gasteiger partial charge in [0.05, 0.1) is 14.2 Å². The van der Waals surface area contributed by atoms with Crippen LogP contribution in [0.25, 0.3) is 0 Å². The number of hydrogen-bond acceptors (Lipinski definition) is 2. The van der Waals surface area contributed by atoms with Gasteiger partial charge in [-0.15, -0.1) is 11.6 Å². The molecule has 0 saturated heterocycles. The molecular weight excluding hydrogens is 236 g/mol. The van der Waals surface area contributed by atoms with Gasteiger partial charge < -0.3 is 9.47 Å². The average molecular weight is 255 g/mol. The number of methoxy groups -OCH3 is 2. The van der Waals surface area contributed by atoms with Crippen molar-refractivity contribution in [3.8, 4) is 11.5 Å². The highest BCUT2D eigenvalue weighted by Gasteiger charge is 2.25. The number of benzene rings is 1. The van der Waals surface area contributed by atoms with Crippen LogP contribution < -0.4 is 9.47 Å². The minimum Gasteiger partial charge on any atom is -0.493 e. The molecule has 3 heteroatoms. The SMILES string of the molecule is COc1ccc(CC(Cl)C2CCC2)cc1OC. The largest absolute Gasteiger partial charge is 0.493 e. The first kappa shape index (κ1) is 12.6. The van der Waals surface area contributed by atoms with E-state index in [9.17, 15) is 0 Å². The topological polar surface area (TPSA) is 18.5 Å². The summed E-state index contributed by atoms with van der Waals surface area (Å²) in [5, 5.41) is 0.252. The van der Waals surface area contributed by atoms with E-state index in [1.165, 1.54) is 24.8 Å². The fourth-order valence-electron chi connectivity index (χ4n) is 2.20. The minimum absolute atomic E-state index is 0.252. The predicted octanol–water partition coefficient (Wildman–Crippen LogP) is 3.65. The van der Waals surface area contributed by atoms with Gasteiger partial charge in [0.2, 0.25) is 0 Å². The van der Waals surface area contributed by atoms with Crippen LogP contribution in [0.1, 0.15) is 24.8 Å². The molecule has 1 aliphatic carbocycles. The van der Waals surface area contributed by atoms with Crippen molar-refractivity contribution in [1.29, 1.82) is 0 Å². The van der Waals surface area contributed by atoms with Gasteiger partial charge in [-0.25, -0.2) is 0 Å². The minimum atomic E-state index is 0.252. The lowest BCUT2D eigenvalue weighted by Gasteiger charge is -2.30. The van der Waals surface area contributed by atoms with Gasteiger partial charge in [0.15, 0.2) is 11.5 Å². The summed E-state index contributed by atoms with van der Waals surface area (Å²) < 4.78 is 10.5. The lowest BCUT2D eigenvalue weighted by atomic mass is 9.81. The average Bonchev–Trinajstić information content (AvgIpc) is 2.26. The van der Waals surface area contributed by atoms with Crippen LogP contribution in [-0.2, 0) is 6.42 Å². The molecule has 1 unspecified atom stereocenters. The van der Waals surface area contributed by atoms with Crippen molar-refractivity contribution >= 4 is 11.6 Å². The van der Waals surface area contributed by atoms with E-state index in [1.54, 1.807) is 14.2 Å². The molecule has 94 valence electrons. The normalized spacial score (nSPS) is 17.4. The summed E-state index contributed by atoms with van der Waals surface area (Å²) >= 11 is 6.41. The van der Waals surface area contributed by atoms with Crippen molar-refractivity contribution in [1.82, 2.24) is 0 Å². The zero-order valence-electron chi connectivity index (χ0n) is 10.4. The highest BCUT2D eigenvalue weighted by molar-refractivity contribution is 6.21. The second kappa shape index (κ2) is 5.63. The van der Waals surface area contributed by atoms with Crippen molar-refractivity contribution in [2.24, 2.45) is 5.92 Å². The molecule has 0 bridgehead atoms. The molecule has 1 saturated carbocycles. The molecule has 1 atom stereocenters. The number of rotatable bonds is 5.